The van der Waals surface area contributed by atoms with E-state index in [1.165, 1.54) is 16.2 Å². The van der Waals surface area contributed by atoms with Gasteiger partial charge in [-0.15, -0.1) is 21.5 Å². The molecule has 1 aromatic rings. The van der Waals surface area contributed by atoms with Crippen LogP contribution in [0.3, 0.4) is 0 Å². The topological polar surface area (TPSA) is 58.1 Å². The Labute approximate surface area is 114 Å². The first-order valence-electron chi connectivity index (χ1n) is 6.16. The predicted molar refractivity (Wildman–Crippen MR) is 67.5 cm³/mol. The smallest absolute Gasteiger partial charge is 0.317 e. The highest BCUT2D eigenvalue weighted by atomic mass is 32.1. The summed E-state index contributed by atoms with van der Waals surface area (Å²) in [6.07, 6.45) is 0.104. The van der Waals surface area contributed by atoms with E-state index in [1.807, 2.05) is 6.92 Å². The SMILES string of the molecule is Cc1nnc(CCNC(=O)N2CCC(F)(F)CC2)s1. The van der Waals surface area contributed by atoms with E-state index >= 15 is 0 Å². The molecular weight excluding hydrogens is 274 g/mol. The van der Waals surface area contributed by atoms with Gasteiger partial charge in [-0.2, -0.15) is 0 Å². The highest BCUT2D eigenvalue weighted by Gasteiger charge is 2.35. The van der Waals surface area contributed by atoms with Crippen molar-refractivity contribution >= 4 is 17.4 Å². The van der Waals surface area contributed by atoms with Gasteiger partial charge in [0.2, 0.25) is 0 Å². The summed E-state index contributed by atoms with van der Waals surface area (Å²) < 4.78 is 25.9. The fraction of sp³-hybridized carbons (Fsp3) is 0.727. The minimum Gasteiger partial charge on any atom is -0.338 e. The van der Waals surface area contributed by atoms with E-state index in [0.29, 0.717) is 13.0 Å². The van der Waals surface area contributed by atoms with Crippen molar-refractivity contribution in [2.24, 2.45) is 0 Å². The third-order valence-electron chi connectivity index (χ3n) is 2.97. The van der Waals surface area contributed by atoms with E-state index in [9.17, 15) is 13.6 Å². The Morgan fingerprint density at radius 1 is 1.42 bits per heavy atom. The number of carbonyl (C=O) groups is 1. The van der Waals surface area contributed by atoms with Gasteiger partial charge in [0.1, 0.15) is 10.0 Å². The fourth-order valence-corrected chi connectivity index (χ4v) is 2.57. The van der Waals surface area contributed by atoms with Gasteiger partial charge in [0.15, 0.2) is 0 Å². The van der Waals surface area contributed by atoms with Crippen molar-refractivity contribution in [1.82, 2.24) is 20.4 Å². The lowest BCUT2D eigenvalue weighted by molar-refractivity contribution is -0.0469. The number of aryl methyl sites for hydroxylation is 1. The Morgan fingerprint density at radius 2 is 2.11 bits per heavy atom. The Hall–Kier alpha value is -1.31. The fourth-order valence-electron chi connectivity index (χ4n) is 1.86. The van der Waals surface area contributed by atoms with Gasteiger partial charge >= 0.3 is 6.03 Å². The minimum atomic E-state index is -2.62. The second-order valence-electron chi connectivity index (χ2n) is 4.54. The summed E-state index contributed by atoms with van der Waals surface area (Å²) in [5, 5.41) is 12.3. The van der Waals surface area contributed by atoms with Crippen LogP contribution in [0.2, 0.25) is 0 Å². The maximum atomic E-state index is 12.9. The standard InChI is InChI=1S/C11H16F2N4OS/c1-8-15-16-9(19-8)2-5-14-10(18)17-6-3-11(12,13)4-7-17/h2-7H2,1H3,(H,14,18). The van der Waals surface area contributed by atoms with Crippen molar-refractivity contribution in [2.75, 3.05) is 19.6 Å². The van der Waals surface area contributed by atoms with Crippen molar-refractivity contribution in [3.8, 4) is 0 Å². The first-order valence-corrected chi connectivity index (χ1v) is 6.97. The van der Waals surface area contributed by atoms with Crippen LogP contribution in [0.4, 0.5) is 13.6 Å². The summed E-state index contributed by atoms with van der Waals surface area (Å²) in [5.41, 5.74) is 0. The number of piperidine rings is 1. The summed E-state index contributed by atoms with van der Waals surface area (Å²) in [5.74, 6) is -2.62. The summed E-state index contributed by atoms with van der Waals surface area (Å²) in [6.45, 7) is 2.53. The molecule has 0 unspecified atom stereocenters. The highest BCUT2D eigenvalue weighted by molar-refractivity contribution is 7.11. The largest absolute Gasteiger partial charge is 0.338 e. The molecule has 0 spiro atoms. The molecule has 2 amide bonds. The van der Waals surface area contributed by atoms with Gasteiger partial charge < -0.3 is 10.2 Å². The lowest BCUT2D eigenvalue weighted by Crippen LogP contribution is -2.47. The van der Waals surface area contributed by atoms with Crippen LogP contribution in [-0.2, 0) is 6.42 Å². The van der Waals surface area contributed by atoms with Crippen LogP contribution in [0.5, 0.6) is 0 Å². The van der Waals surface area contributed by atoms with Gasteiger partial charge in [-0.1, -0.05) is 0 Å². The summed E-state index contributed by atoms with van der Waals surface area (Å²) in [4.78, 5) is 13.2. The molecule has 1 aliphatic rings. The van der Waals surface area contributed by atoms with E-state index in [0.717, 1.165) is 10.0 Å². The van der Waals surface area contributed by atoms with Crippen LogP contribution in [0.1, 0.15) is 22.9 Å². The number of hydrogen-bond acceptors (Lipinski definition) is 4. The van der Waals surface area contributed by atoms with E-state index in [1.54, 1.807) is 0 Å². The Kier molecular flexibility index (Phi) is 4.28. The number of likely N-dealkylation sites (tertiary alicyclic amines) is 1. The molecule has 5 nitrogen and oxygen atoms in total. The Morgan fingerprint density at radius 3 is 2.68 bits per heavy atom. The molecule has 0 aromatic carbocycles. The van der Waals surface area contributed by atoms with Crippen LogP contribution >= 0.6 is 11.3 Å². The molecule has 1 aromatic heterocycles. The molecule has 0 saturated carbocycles. The number of rotatable bonds is 3. The highest BCUT2D eigenvalue weighted by Crippen LogP contribution is 2.27. The zero-order valence-corrected chi connectivity index (χ0v) is 11.5. The molecule has 0 atom stereocenters. The number of nitrogens with zero attached hydrogens (tertiary/aromatic N) is 3. The van der Waals surface area contributed by atoms with Crippen LogP contribution < -0.4 is 5.32 Å². The Balaban J connectivity index is 1.70. The summed E-state index contributed by atoms with van der Waals surface area (Å²) in [7, 11) is 0. The molecule has 8 heteroatoms. The van der Waals surface area contributed by atoms with Crippen LogP contribution in [0.15, 0.2) is 0 Å². The van der Waals surface area contributed by atoms with Gasteiger partial charge in [0.25, 0.3) is 5.92 Å². The number of nitrogens with one attached hydrogen (secondary N) is 1. The van der Waals surface area contributed by atoms with Gasteiger partial charge in [-0.25, -0.2) is 13.6 Å². The first-order chi connectivity index (χ1) is 8.96. The van der Waals surface area contributed by atoms with Crippen molar-refractivity contribution in [3.63, 3.8) is 0 Å². The number of aromatic nitrogens is 2. The first kappa shape index (κ1) is 14.1. The maximum Gasteiger partial charge on any atom is 0.317 e. The quantitative estimate of drug-likeness (QED) is 0.924. The van der Waals surface area contributed by atoms with E-state index in [2.05, 4.69) is 15.5 Å². The Bertz CT molecular complexity index is 442. The summed E-state index contributed by atoms with van der Waals surface area (Å²) in [6, 6.07) is -0.281. The normalized spacial score (nSPS) is 18.4. The molecule has 1 saturated heterocycles. The number of carbonyl (C=O) groups excluding carboxylic acids is 1. The lowest BCUT2D eigenvalue weighted by Gasteiger charge is -2.31. The molecule has 1 N–H and O–H groups in total. The molecule has 0 radical (unpaired) electrons. The maximum absolute atomic E-state index is 12.9. The molecule has 1 aliphatic heterocycles. The monoisotopic (exact) mass is 290 g/mol. The molecule has 2 rings (SSSR count). The van der Waals surface area contributed by atoms with E-state index in [-0.39, 0.29) is 32.0 Å². The molecule has 2 heterocycles. The molecular formula is C11H16F2N4OS. The number of urea groups is 1. The van der Waals surface area contributed by atoms with Crippen molar-refractivity contribution in [3.05, 3.63) is 10.0 Å². The van der Waals surface area contributed by atoms with E-state index < -0.39 is 5.92 Å². The van der Waals surface area contributed by atoms with E-state index in [4.69, 9.17) is 0 Å². The number of amides is 2. The minimum absolute atomic E-state index is 0.108. The van der Waals surface area contributed by atoms with Gasteiger partial charge in [-0.05, 0) is 6.92 Å². The third kappa shape index (κ3) is 4.09. The van der Waals surface area contributed by atoms with Gasteiger partial charge in [-0.3, -0.25) is 0 Å². The van der Waals surface area contributed by atoms with Crippen molar-refractivity contribution in [1.29, 1.82) is 0 Å². The molecule has 1 fully saturated rings. The van der Waals surface area contributed by atoms with Crippen LogP contribution in [-0.4, -0.2) is 46.7 Å². The van der Waals surface area contributed by atoms with Crippen LogP contribution in [0, 0.1) is 6.92 Å². The lowest BCUT2D eigenvalue weighted by atomic mass is 10.1. The molecule has 106 valence electrons. The predicted octanol–water partition coefficient (Wildman–Crippen LogP) is 1.83. The second kappa shape index (κ2) is 5.77. The molecule has 19 heavy (non-hydrogen) atoms. The summed E-state index contributed by atoms with van der Waals surface area (Å²) >= 11 is 1.49. The number of hydrogen-bond donors (Lipinski definition) is 1. The molecule has 0 bridgehead atoms. The number of alkyl halides is 2. The van der Waals surface area contributed by atoms with Crippen LogP contribution in [0.25, 0.3) is 0 Å². The zero-order chi connectivity index (χ0) is 13.9. The average molecular weight is 290 g/mol. The molecule has 0 aliphatic carbocycles. The zero-order valence-electron chi connectivity index (χ0n) is 10.7. The second-order valence-corrected chi connectivity index (χ2v) is 5.81. The van der Waals surface area contributed by atoms with Gasteiger partial charge in [0, 0.05) is 38.9 Å². The third-order valence-corrected chi connectivity index (χ3v) is 3.86. The van der Waals surface area contributed by atoms with Crippen molar-refractivity contribution < 1.29 is 13.6 Å². The van der Waals surface area contributed by atoms with Gasteiger partial charge in [0.05, 0.1) is 0 Å². The number of halogens is 2. The average Bonchev–Trinajstić information content (AvgIpc) is 2.75. The van der Waals surface area contributed by atoms with Crippen molar-refractivity contribution in [2.45, 2.75) is 32.1 Å².